The molecule has 0 spiro atoms. The van der Waals surface area contributed by atoms with Crippen LogP contribution in [0.2, 0.25) is 0 Å². The second-order valence-electron chi connectivity index (χ2n) is 2.04. The van der Waals surface area contributed by atoms with Gasteiger partial charge in [0.15, 0.2) is 0 Å². The molecular formula is C6H4BrF2NO2. The number of halogens is 3. The summed E-state index contributed by atoms with van der Waals surface area (Å²) < 4.78 is 23.8. The van der Waals surface area contributed by atoms with Crippen molar-refractivity contribution < 1.29 is 13.9 Å². The van der Waals surface area contributed by atoms with E-state index in [0.717, 1.165) is 6.20 Å². The number of pyridine rings is 1. The highest BCUT2D eigenvalue weighted by Gasteiger charge is 2.16. The lowest BCUT2D eigenvalue weighted by Crippen LogP contribution is -2.07. The average Bonchev–Trinajstić information content (AvgIpc) is 2.00. The third-order valence-corrected chi connectivity index (χ3v) is 2.01. The fraction of sp³-hybridized carbons (Fsp3) is 0.167. The highest BCUT2D eigenvalue weighted by Crippen LogP contribution is 2.30. The maximum atomic E-state index is 12.0. The standard InChI is InChI=1S/C6H4BrF2NO2/c7-3-4(11)2(5(8)9)1-10-6(3)12/h1,5H,(H2,10,11,12). The summed E-state index contributed by atoms with van der Waals surface area (Å²) in [7, 11) is 0. The SMILES string of the molecule is O=c1[nH]cc(C(F)F)c(O)c1Br. The first-order valence-corrected chi connectivity index (χ1v) is 3.71. The molecule has 0 aromatic carbocycles. The lowest BCUT2D eigenvalue weighted by Gasteiger charge is -2.02. The Morgan fingerprint density at radius 3 is 2.67 bits per heavy atom. The molecule has 2 N–H and O–H groups in total. The predicted octanol–water partition coefficient (Wildman–Crippen LogP) is 1.78. The first-order valence-electron chi connectivity index (χ1n) is 2.92. The number of H-pyrrole nitrogens is 1. The third-order valence-electron chi connectivity index (χ3n) is 1.27. The van der Waals surface area contributed by atoms with E-state index in [1.165, 1.54) is 0 Å². The van der Waals surface area contributed by atoms with Crippen LogP contribution in [0.5, 0.6) is 5.75 Å². The molecule has 1 aromatic rings. The first-order chi connectivity index (χ1) is 5.54. The van der Waals surface area contributed by atoms with E-state index in [-0.39, 0.29) is 4.47 Å². The van der Waals surface area contributed by atoms with Gasteiger partial charge in [0.1, 0.15) is 10.2 Å². The fourth-order valence-electron chi connectivity index (χ4n) is 0.676. The highest BCUT2D eigenvalue weighted by molar-refractivity contribution is 9.10. The van der Waals surface area contributed by atoms with Gasteiger partial charge in [0.25, 0.3) is 12.0 Å². The number of aromatic hydroxyl groups is 1. The van der Waals surface area contributed by atoms with Crippen LogP contribution in [-0.4, -0.2) is 10.1 Å². The van der Waals surface area contributed by atoms with Crippen molar-refractivity contribution in [3.63, 3.8) is 0 Å². The molecule has 1 rings (SSSR count). The summed E-state index contributed by atoms with van der Waals surface area (Å²) in [5.74, 6) is -0.714. The van der Waals surface area contributed by atoms with E-state index in [1.807, 2.05) is 4.98 Å². The normalized spacial score (nSPS) is 10.7. The molecule has 0 saturated heterocycles. The smallest absolute Gasteiger partial charge is 0.268 e. The van der Waals surface area contributed by atoms with Crippen molar-refractivity contribution in [1.29, 1.82) is 0 Å². The number of aromatic nitrogens is 1. The topological polar surface area (TPSA) is 53.1 Å². The minimum atomic E-state index is -2.81. The Balaban J connectivity index is 3.36. The number of hydrogen-bond acceptors (Lipinski definition) is 2. The summed E-state index contributed by atoms with van der Waals surface area (Å²) in [6.07, 6.45) is -2.02. The molecule has 0 aliphatic heterocycles. The molecule has 0 aliphatic carbocycles. The molecule has 0 unspecified atom stereocenters. The van der Waals surface area contributed by atoms with Crippen LogP contribution in [-0.2, 0) is 0 Å². The Morgan fingerprint density at radius 2 is 2.17 bits per heavy atom. The van der Waals surface area contributed by atoms with Crippen LogP contribution in [0.25, 0.3) is 0 Å². The van der Waals surface area contributed by atoms with Crippen LogP contribution in [0.3, 0.4) is 0 Å². The van der Waals surface area contributed by atoms with E-state index >= 15 is 0 Å². The van der Waals surface area contributed by atoms with Gasteiger partial charge in [-0.05, 0) is 15.9 Å². The molecule has 3 nitrogen and oxygen atoms in total. The number of aromatic amines is 1. The predicted molar refractivity (Wildman–Crippen MR) is 41.4 cm³/mol. The quantitative estimate of drug-likeness (QED) is 0.785. The van der Waals surface area contributed by atoms with Gasteiger partial charge in [0.05, 0.1) is 5.56 Å². The number of nitrogens with one attached hydrogen (secondary N) is 1. The lowest BCUT2D eigenvalue weighted by atomic mass is 10.3. The van der Waals surface area contributed by atoms with Crippen LogP contribution in [0.4, 0.5) is 8.78 Å². The zero-order valence-electron chi connectivity index (χ0n) is 5.64. The largest absolute Gasteiger partial charge is 0.506 e. The second-order valence-corrected chi connectivity index (χ2v) is 2.83. The Kier molecular flexibility index (Phi) is 2.46. The lowest BCUT2D eigenvalue weighted by molar-refractivity contribution is 0.146. The van der Waals surface area contributed by atoms with Gasteiger partial charge in [-0.15, -0.1) is 0 Å². The van der Waals surface area contributed by atoms with Crippen LogP contribution < -0.4 is 5.56 Å². The van der Waals surface area contributed by atoms with Crippen LogP contribution in [0.1, 0.15) is 12.0 Å². The van der Waals surface area contributed by atoms with E-state index in [0.29, 0.717) is 0 Å². The van der Waals surface area contributed by atoms with Gasteiger partial charge in [-0.3, -0.25) is 4.79 Å². The fourth-order valence-corrected chi connectivity index (χ4v) is 1.02. The summed E-state index contributed by atoms with van der Waals surface area (Å²) in [5, 5.41) is 9.00. The summed E-state index contributed by atoms with van der Waals surface area (Å²) >= 11 is 2.67. The number of hydrogen-bond donors (Lipinski definition) is 2. The van der Waals surface area contributed by atoms with Crippen molar-refractivity contribution in [3.05, 3.63) is 26.6 Å². The molecule has 0 saturated carbocycles. The van der Waals surface area contributed by atoms with Crippen molar-refractivity contribution in [1.82, 2.24) is 4.98 Å². The maximum Gasteiger partial charge on any atom is 0.268 e. The third kappa shape index (κ3) is 1.47. The molecule has 0 aliphatic rings. The Morgan fingerprint density at radius 1 is 1.58 bits per heavy atom. The summed E-state index contributed by atoms with van der Waals surface area (Å²) in [5.41, 5.74) is -1.24. The van der Waals surface area contributed by atoms with Gasteiger partial charge in [-0.2, -0.15) is 0 Å². The Bertz CT molecular complexity index is 350. The highest BCUT2D eigenvalue weighted by atomic mass is 79.9. The van der Waals surface area contributed by atoms with Gasteiger partial charge in [-0.25, -0.2) is 8.78 Å². The van der Waals surface area contributed by atoms with Crippen molar-refractivity contribution >= 4 is 15.9 Å². The number of alkyl halides is 2. The molecule has 12 heavy (non-hydrogen) atoms. The molecular weight excluding hydrogens is 236 g/mol. The average molecular weight is 240 g/mol. The van der Waals surface area contributed by atoms with Gasteiger partial charge >= 0.3 is 0 Å². The summed E-state index contributed by atoms with van der Waals surface area (Å²) in [6, 6.07) is 0. The monoisotopic (exact) mass is 239 g/mol. The minimum absolute atomic E-state index is 0.277. The molecule has 66 valence electrons. The van der Waals surface area contributed by atoms with Crippen molar-refractivity contribution in [2.45, 2.75) is 6.43 Å². The van der Waals surface area contributed by atoms with Crippen LogP contribution in [0, 0.1) is 0 Å². The molecule has 6 heteroatoms. The zero-order chi connectivity index (χ0) is 9.30. The van der Waals surface area contributed by atoms with Crippen molar-refractivity contribution in [3.8, 4) is 5.75 Å². The van der Waals surface area contributed by atoms with Gasteiger partial charge in [-0.1, -0.05) is 0 Å². The van der Waals surface area contributed by atoms with Crippen LogP contribution in [0.15, 0.2) is 15.5 Å². The van der Waals surface area contributed by atoms with Crippen molar-refractivity contribution in [2.24, 2.45) is 0 Å². The molecule has 0 radical (unpaired) electrons. The van der Waals surface area contributed by atoms with Gasteiger partial charge < -0.3 is 10.1 Å². The van der Waals surface area contributed by atoms with Crippen molar-refractivity contribution in [2.75, 3.05) is 0 Å². The van der Waals surface area contributed by atoms with Crippen LogP contribution >= 0.6 is 15.9 Å². The molecule has 0 amide bonds. The maximum absolute atomic E-state index is 12.0. The van der Waals surface area contributed by atoms with Gasteiger partial charge in [0.2, 0.25) is 0 Å². The van der Waals surface area contributed by atoms with E-state index in [9.17, 15) is 13.6 Å². The molecule has 1 heterocycles. The zero-order valence-corrected chi connectivity index (χ0v) is 7.23. The summed E-state index contributed by atoms with van der Waals surface area (Å²) in [4.78, 5) is 12.8. The molecule has 0 bridgehead atoms. The summed E-state index contributed by atoms with van der Waals surface area (Å²) in [6.45, 7) is 0. The number of rotatable bonds is 1. The molecule has 0 atom stereocenters. The van der Waals surface area contributed by atoms with Gasteiger partial charge in [0, 0.05) is 6.20 Å². The van der Waals surface area contributed by atoms with E-state index in [4.69, 9.17) is 5.11 Å². The van der Waals surface area contributed by atoms with E-state index < -0.39 is 23.3 Å². The second kappa shape index (κ2) is 3.22. The Hall–Kier alpha value is -0.910. The first kappa shape index (κ1) is 9.18. The Labute approximate surface area is 74.2 Å². The minimum Gasteiger partial charge on any atom is -0.506 e. The molecule has 0 fully saturated rings. The molecule has 1 aromatic heterocycles. The van der Waals surface area contributed by atoms with E-state index in [1.54, 1.807) is 0 Å². The van der Waals surface area contributed by atoms with E-state index in [2.05, 4.69) is 15.9 Å².